The van der Waals surface area contributed by atoms with Gasteiger partial charge in [-0.15, -0.1) is 0 Å². The van der Waals surface area contributed by atoms with Gasteiger partial charge in [-0.2, -0.15) is 9.29 Å². The Morgan fingerprint density at radius 2 is 1.87 bits per heavy atom. The van der Waals surface area contributed by atoms with Gasteiger partial charge in [-0.25, -0.2) is 13.9 Å². The normalized spacial score (nSPS) is 29.3. The van der Waals surface area contributed by atoms with E-state index >= 15 is 0 Å². The fourth-order valence-corrected chi connectivity index (χ4v) is 4.41. The smallest absolute Gasteiger partial charge is 0.394 e. The van der Waals surface area contributed by atoms with Crippen molar-refractivity contribution >= 4 is 21.5 Å². The number of nitrogen functional groups attached to an aromatic ring is 1. The molecule has 8 N–H and O–H groups in total. The number of hydrogen-bond donors (Lipinski definition) is 7. The first kappa shape index (κ1) is 25.0. The van der Waals surface area contributed by atoms with E-state index in [1.165, 1.54) is 6.07 Å². The van der Waals surface area contributed by atoms with Crippen molar-refractivity contribution in [3.8, 4) is 0 Å². The number of aromatic nitrogens is 2. The number of nitrogens with two attached hydrogens (primary N) is 1. The van der Waals surface area contributed by atoms with Gasteiger partial charge < -0.3 is 40.7 Å². The summed E-state index contributed by atoms with van der Waals surface area (Å²) in [5, 5.41) is 37.7. The molecule has 0 aromatic carbocycles. The number of aliphatic hydroxyl groups is 4. The first-order valence-corrected chi connectivity index (χ1v) is 11.2. The van der Waals surface area contributed by atoms with Crippen molar-refractivity contribution in [3.05, 3.63) is 22.7 Å². The van der Waals surface area contributed by atoms with Crippen LogP contribution in [0.1, 0.15) is 6.23 Å². The minimum atomic E-state index is -5.24. The number of hydrogen-bond acceptors (Lipinski definition) is 13. The Balaban J connectivity index is 1.98. The number of ether oxygens (including phenoxy) is 1. The predicted molar refractivity (Wildman–Crippen MR) is 94.6 cm³/mol. The molecule has 2 heterocycles. The molecule has 0 aliphatic carbocycles. The molecule has 0 spiro atoms. The predicted octanol–water partition coefficient (Wildman–Crippen LogP) is -2.95. The molecule has 16 nitrogen and oxygen atoms in total. The quantitative estimate of drug-likeness (QED) is 0.166. The molecule has 1 aromatic rings. The summed E-state index contributed by atoms with van der Waals surface area (Å²) in [5.41, 5.74) is 4.46. The van der Waals surface area contributed by atoms with Crippen LogP contribution in [0.4, 0.5) is 5.82 Å². The van der Waals surface area contributed by atoms with Crippen LogP contribution in [0.5, 0.6) is 0 Å². The minimum absolute atomic E-state index is 0.0929. The minimum Gasteiger partial charge on any atom is -0.394 e. The molecule has 0 saturated carbocycles. The molecule has 30 heavy (non-hydrogen) atoms. The lowest BCUT2D eigenvalue weighted by molar-refractivity contribution is -0.0543. The van der Waals surface area contributed by atoms with Crippen molar-refractivity contribution < 1.29 is 57.4 Å². The van der Waals surface area contributed by atoms with Gasteiger partial charge in [-0.3, -0.25) is 13.6 Å². The van der Waals surface area contributed by atoms with Crippen molar-refractivity contribution in [1.82, 2.24) is 9.55 Å². The highest BCUT2D eigenvalue weighted by molar-refractivity contribution is 7.61. The van der Waals surface area contributed by atoms with Gasteiger partial charge in [0.05, 0.1) is 19.8 Å². The fraction of sp³-hybridized carbons (Fsp3) is 0.667. The van der Waals surface area contributed by atoms with Gasteiger partial charge in [-0.1, -0.05) is 0 Å². The second-order valence-corrected chi connectivity index (χ2v) is 9.08. The fourth-order valence-electron chi connectivity index (χ4n) is 2.29. The summed E-state index contributed by atoms with van der Waals surface area (Å²) in [6, 6.07) is 1.23. The van der Waals surface area contributed by atoms with E-state index in [1.807, 2.05) is 0 Å². The Morgan fingerprint density at radius 1 is 1.23 bits per heavy atom. The molecule has 0 radical (unpaired) electrons. The first-order chi connectivity index (χ1) is 13.8. The van der Waals surface area contributed by atoms with E-state index in [9.17, 15) is 33.9 Å². The highest BCUT2D eigenvalue weighted by atomic mass is 31.3. The standard InChI is InChI=1S/C12H21N3O13P2/c13-8-1-2-15(12(20)14-8)11-10(19)9(18)7(27-11)5-26-30(23,24)28-29(21,22)25-4-6(17)3-16/h1-2,6-7,9-11,16-19H,3-5H2,(H,21,22)(H,23,24)(H2,13,14,20)/t6-,7-,9-,10+,11+/m0/s1. The summed E-state index contributed by atoms with van der Waals surface area (Å²) in [4.78, 5) is 34.2. The van der Waals surface area contributed by atoms with E-state index in [0.717, 1.165) is 10.8 Å². The van der Waals surface area contributed by atoms with E-state index in [-0.39, 0.29) is 5.82 Å². The summed E-state index contributed by atoms with van der Waals surface area (Å²) in [7, 11) is -10.4. The van der Waals surface area contributed by atoms with Crippen molar-refractivity contribution in [1.29, 1.82) is 0 Å². The monoisotopic (exact) mass is 477 g/mol. The number of rotatable bonds is 10. The third kappa shape index (κ3) is 6.62. The molecule has 1 aliphatic heterocycles. The molecule has 18 heteroatoms. The van der Waals surface area contributed by atoms with Crippen LogP contribution in [0.25, 0.3) is 0 Å². The first-order valence-electron chi connectivity index (χ1n) is 8.16. The van der Waals surface area contributed by atoms with Crippen LogP contribution in [0.3, 0.4) is 0 Å². The van der Waals surface area contributed by atoms with Gasteiger partial charge in [0.15, 0.2) is 6.23 Å². The third-order valence-electron chi connectivity index (χ3n) is 3.71. The average Bonchev–Trinajstić information content (AvgIpc) is 2.92. The van der Waals surface area contributed by atoms with Crippen molar-refractivity contribution in [2.24, 2.45) is 0 Å². The van der Waals surface area contributed by atoms with Crippen LogP contribution in [-0.4, -0.2) is 84.0 Å². The zero-order valence-corrected chi connectivity index (χ0v) is 16.9. The van der Waals surface area contributed by atoms with Crippen LogP contribution in [0.15, 0.2) is 17.1 Å². The Hall–Kier alpha value is -1.26. The second-order valence-electron chi connectivity index (χ2n) is 6.04. The number of aliphatic hydroxyl groups excluding tert-OH is 4. The molecule has 0 amide bonds. The molecule has 1 saturated heterocycles. The maximum absolute atomic E-state index is 11.8. The lowest BCUT2D eigenvalue weighted by Gasteiger charge is -2.19. The average molecular weight is 477 g/mol. The third-order valence-corrected chi connectivity index (χ3v) is 6.31. The summed E-state index contributed by atoms with van der Waals surface area (Å²) in [6.45, 7) is -2.59. The van der Waals surface area contributed by atoms with Gasteiger partial charge in [0.1, 0.15) is 30.2 Å². The lowest BCUT2D eigenvalue weighted by atomic mass is 10.1. The van der Waals surface area contributed by atoms with Gasteiger partial charge >= 0.3 is 21.3 Å². The molecule has 1 aliphatic rings. The van der Waals surface area contributed by atoms with Gasteiger partial charge in [0.2, 0.25) is 0 Å². The van der Waals surface area contributed by atoms with E-state index in [4.69, 9.17) is 20.7 Å². The zero-order valence-electron chi connectivity index (χ0n) is 15.1. The zero-order chi connectivity index (χ0) is 22.7. The molecule has 2 rings (SSSR count). The molecule has 7 atom stereocenters. The topological polar surface area (TPSA) is 253 Å². The molecule has 0 unspecified atom stereocenters. The summed E-state index contributed by atoms with van der Waals surface area (Å²) in [5.74, 6) is -0.0929. The summed E-state index contributed by atoms with van der Waals surface area (Å²) in [6.07, 6.45) is -6.62. The number of anilines is 1. The van der Waals surface area contributed by atoms with Crippen LogP contribution in [-0.2, 0) is 27.2 Å². The van der Waals surface area contributed by atoms with E-state index in [0.29, 0.717) is 0 Å². The molecule has 0 bridgehead atoms. The van der Waals surface area contributed by atoms with Crippen molar-refractivity contribution in [2.75, 3.05) is 25.6 Å². The summed E-state index contributed by atoms with van der Waals surface area (Å²) < 4.78 is 42.2. The van der Waals surface area contributed by atoms with Crippen LogP contribution >= 0.6 is 15.6 Å². The molecule has 172 valence electrons. The van der Waals surface area contributed by atoms with E-state index in [1.54, 1.807) is 0 Å². The Labute approximate surface area is 168 Å². The Morgan fingerprint density at radius 3 is 2.47 bits per heavy atom. The second kappa shape index (κ2) is 9.91. The van der Waals surface area contributed by atoms with Crippen LogP contribution < -0.4 is 11.4 Å². The SMILES string of the molecule is Nc1ccn([C@@H]2O[C@@H](CO[P@@](=O)(O)O[P@](=O)(O)OC[C@@H](O)CO)[C@H](O)[C@H]2O)c(=O)n1. The maximum atomic E-state index is 11.8. The van der Waals surface area contributed by atoms with Gasteiger partial charge in [-0.05, 0) is 6.07 Å². The Kier molecular flexibility index (Phi) is 8.26. The lowest BCUT2D eigenvalue weighted by Crippen LogP contribution is -2.36. The maximum Gasteiger partial charge on any atom is 0.481 e. The van der Waals surface area contributed by atoms with E-state index < -0.39 is 71.8 Å². The Bertz CT molecular complexity index is 881. The van der Waals surface area contributed by atoms with E-state index in [2.05, 4.69) is 18.3 Å². The molecule has 1 fully saturated rings. The number of phosphoric acid groups is 2. The highest BCUT2D eigenvalue weighted by Crippen LogP contribution is 2.60. The van der Waals surface area contributed by atoms with Crippen LogP contribution in [0, 0.1) is 0 Å². The van der Waals surface area contributed by atoms with Crippen LogP contribution in [0.2, 0.25) is 0 Å². The van der Waals surface area contributed by atoms with Gasteiger partial charge in [0, 0.05) is 6.20 Å². The summed E-state index contributed by atoms with van der Waals surface area (Å²) >= 11 is 0. The van der Waals surface area contributed by atoms with Crippen molar-refractivity contribution in [3.63, 3.8) is 0 Å². The number of nitrogens with zero attached hydrogens (tertiary/aromatic N) is 2. The molecular weight excluding hydrogens is 456 g/mol. The molecule has 1 aromatic heterocycles. The largest absolute Gasteiger partial charge is 0.481 e. The highest BCUT2D eigenvalue weighted by Gasteiger charge is 2.46. The van der Waals surface area contributed by atoms with Crippen molar-refractivity contribution in [2.45, 2.75) is 30.6 Å². The number of phosphoric ester groups is 2. The van der Waals surface area contributed by atoms with Gasteiger partial charge in [0.25, 0.3) is 0 Å². The molecular formula is C12H21N3O13P2.